The van der Waals surface area contributed by atoms with E-state index in [0.717, 1.165) is 30.1 Å². The molecule has 3 aliphatic carbocycles. The SMILES string of the molecule is C[C@@H]1C[C@@H]2[C@H]3CC[C@@H](C3)[C@H]2CC1=O. The first-order valence-electron chi connectivity index (χ1n) is 5.78. The van der Waals surface area contributed by atoms with Crippen LogP contribution in [-0.4, -0.2) is 5.78 Å². The van der Waals surface area contributed by atoms with Crippen molar-refractivity contribution in [1.29, 1.82) is 0 Å². The van der Waals surface area contributed by atoms with Gasteiger partial charge in [0.1, 0.15) is 5.78 Å². The summed E-state index contributed by atoms with van der Waals surface area (Å²) < 4.78 is 0. The number of rotatable bonds is 0. The number of fused-ring (bicyclic) bond motifs is 5. The number of carbonyl (C=O) groups is 1. The fourth-order valence-corrected chi connectivity index (χ4v) is 4.19. The average Bonchev–Trinajstić information content (AvgIpc) is 2.67. The van der Waals surface area contributed by atoms with Crippen molar-refractivity contribution >= 4 is 5.78 Å². The molecule has 3 fully saturated rings. The Labute approximate surface area is 79.9 Å². The molecule has 0 aromatic heterocycles. The van der Waals surface area contributed by atoms with Crippen LogP contribution in [0.15, 0.2) is 0 Å². The van der Waals surface area contributed by atoms with Gasteiger partial charge in [0.05, 0.1) is 0 Å². The molecule has 0 N–H and O–H groups in total. The lowest BCUT2D eigenvalue weighted by Crippen LogP contribution is -2.34. The van der Waals surface area contributed by atoms with Crippen LogP contribution in [0.1, 0.15) is 39.0 Å². The molecule has 3 rings (SSSR count). The molecule has 0 aliphatic heterocycles. The smallest absolute Gasteiger partial charge is 0.136 e. The molecule has 1 heteroatoms. The Morgan fingerprint density at radius 1 is 1.08 bits per heavy atom. The molecule has 5 atom stereocenters. The summed E-state index contributed by atoms with van der Waals surface area (Å²) in [6, 6.07) is 0. The van der Waals surface area contributed by atoms with Gasteiger partial charge in [-0.15, -0.1) is 0 Å². The predicted molar refractivity (Wildman–Crippen MR) is 51.2 cm³/mol. The van der Waals surface area contributed by atoms with Gasteiger partial charge in [0.15, 0.2) is 0 Å². The van der Waals surface area contributed by atoms with Crippen LogP contribution >= 0.6 is 0 Å². The molecule has 0 aromatic rings. The normalized spacial score (nSPS) is 53.9. The summed E-state index contributed by atoms with van der Waals surface area (Å²) in [5.74, 6) is 4.61. The van der Waals surface area contributed by atoms with Crippen LogP contribution in [0.5, 0.6) is 0 Å². The maximum atomic E-state index is 11.6. The highest BCUT2D eigenvalue weighted by Crippen LogP contribution is 2.57. The van der Waals surface area contributed by atoms with Gasteiger partial charge in [-0.3, -0.25) is 4.79 Å². The number of hydrogen-bond donors (Lipinski definition) is 0. The van der Waals surface area contributed by atoms with Gasteiger partial charge in [0, 0.05) is 12.3 Å². The minimum Gasteiger partial charge on any atom is -0.299 e. The second-order valence-electron chi connectivity index (χ2n) is 5.47. The van der Waals surface area contributed by atoms with E-state index < -0.39 is 0 Å². The largest absolute Gasteiger partial charge is 0.299 e. The van der Waals surface area contributed by atoms with Gasteiger partial charge in [-0.2, -0.15) is 0 Å². The Morgan fingerprint density at radius 2 is 1.77 bits per heavy atom. The Kier molecular flexibility index (Phi) is 1.59. The van der Waals surface area contributed by atoms with Crippen LogP contribution in [0.2, 0.25) is 0 Å². The van der Waals surface area contributed by atoms with E-state index in [1.54, 1.807) is 0 Å². The summed E-state index contributed by atoms with van der Waals surface area (Å²) >= 11 is 0. The molecular formula is C12H18O. The molecule has 13 heavy (non-hydrogen) atoms. The number of hydrogen-bond acceptors (Lipinski definition) is 1. The monoisotopic (exact) mass is 178 g/mol. The predicted octanol–water partition coefficient (Wildman–Crippen LogP) is 2.65. The third-order valence-corrected chi connectivity index (χ3v) is 4.89. The van der Waals surface area contributed by atoms with E-state index in [9.17, 15) is 4.79 Å². The highest BCUT2D eigenvalue weighted by molar-refractivity contribution is 5.81. The lowest BCUT2D eigenvalue weighted by atomic mass is 9.67. The van der Waals surface area contributed by atoms with Gasteiger partial charge in [-0.05, 0) is 49.4 Å². The second kappa shape index (κ2) is 2.59. The summed E-state index contributed by atoms with van der Waals surface area (Å²) in [6.45, 7) is 2.13. The molecule has 0 spiro atoms. The minimum atomic E-state index is 0.376. The van der Waals surface area contributed by atoms with Crippen molar-refractivity contribution in [2.45, 2.75) is 39.0 Å². The van der Waals surface area contributed by atoms with Crippen LogP contribution in [0.25, 0.3) is 0 Å². The maximum Gasteiger partial charge on any atom is 0.136 e. The van der Waals surface area contributed by atoms with Gasteiger partial charge < -0.3 is 0 Å². The van der Waals surface area contributed by atoms with E-state index in [-0.39, 0.29) is 0 Å². The second-order valence-corrected chi connectivity index (χ2v) is 5.47. The van der Waals surface area contributed by atoms with Gasteiger partial charge in [-0.1, -0.05) is 6.92 Å². The molecule has 0 aromatic carbocycles. The summed E-state index contributed by atoms with van der Waals surface area (Å²) in [7, 11) is 0. The highest BCUT2D eigenvalue weighted by Gasteiger charge is 2.50. The molecule has 72 valence electrons. The minimum absolute atomic E-state index is 0.376. The van der Waals surface area contributed by atoms with E-state index in [4.69, 9.17) is 0 Å². The van der Waals surface area contributed by atoms with Crippen LogP contribution < -0.4 is 0 Å². The van der Waals surface area contributed by atoms with Crippen LogP contribution in [-0.2, 0) is 4.79 Å². The van der Waals surface area contributed by atoms with E-state index in [1.165, 1.54) is 25.7 Å². The summed E-state index contributed by atoms with van der Waals surface area (Å²) in [5.41, 5.74) is 0. The Bertz CT molecular complexity index is 246. The Balaban J connectivity index is 1.84. The molecular weight excluding hydrogens is 160 g/mol. The third-order valence-electron chi connectivity index (χ3n) is 4.89. The quantitative estimate of drug-likeness (QED) is 0.557. The van der Waals surface area contributed by atoms with E-state index in [1.807, 2.05) is 0 Å². The number of Topliss-reactive ketones (excluding diaryl/α,β-unsaturated/α-hetero) is 1. The zero-order valence-corrected chi connectivity index (χ0v) is 8.33. The van der Waals surface area contributed by atoms with Gasteiger partial charge >= 0.3 is 0 Å². The molecule has 0 unspecified atom stereocenters. The van der Waals surface area contributed by atoms with Crippen molar-refractivity contribution in [2.24, 2.45) is 29.6 Å². The summed E-state index contributed by atoms with van der Waals surface area (Å²) in [6.07, 6.45) is 6.48. The van der Waals surface area contributed by atoms with E-state index >= 15 is 0 Å². The Morgan fingerprint density at radius 3 is 2.54 bits per heavy atom. The first kappa shape index (κ1) is 8.02. The van der Waals surface area contributed by atoms with Gasteiger partial charge in [0.2, 0.25) is 0 Å². The molecule has 0 radical (unpaired) electrons. The van der Waals surface area contributed by atoms with Crippen LogP contribution in [0, 0.1) is 29.6 Å². The summed E-state index contributed by atoms with van der Waals surface area (Å²) in [5, 5.41) is 0. The van der Waals surface area contributed by atoms with Crippen molar-refractivity contribution in [1.82, 2.24) is 0 Å². The number of ketones is 1. The molecule has 3 aliphatic rings. The van der Waals surface area contributed by atoms with Crippen molar-refractivity contribution in [3.05, 3.63) is 0 Å². The maximum absolute atomic E-state index is 11.6. The zero-order valence-electron chi connectivity index (χ0n) is 8.33. The number of carbonyl (C=O) groups excluding carboxylic acids is 1. The van der Waals surface area contributed by atoms with Crippen LogP contribution in [0.3, 0.4) is 0 Å². The van der Waals surface area contributed by atoms with Crippen molar-refractivity contribution in [3.63, 3.8) is 0 Å². The summed E-state index contributed by atoms with van der Waals surface area (Å²) in [4.78, 5) is 11.6. The molecule has 0 saturated heterocycles. The molecule has 0 heterocycles. The van der Waals surface area contributed by atoms with Crippen molar-refractivity contribution in [2.75, 3.05) is 0 Å². The lowest BCUT2D eigenvalue weighted by Gasteiger charge is -2.36. The highest BCUT2D eigenvalue weighted by atomic mass is 16.1. The molecule has 1 nitrogen and oxygen atoms in total. The Hall–Kier alpha value is -0.330. The first-order chi connectivity index (χ1) is 6.25. The third kappa shape index (κ3) is 1.02. The standard InChI is InChI=1S/C12H18O/c1-7-4-10-8-2-3-9(5-8)11(10)6-12(7)13/h7-11H,2-6H2,1H3/t7-,8+,9+,10-,11-/m1/s1. The average molecular weight is 178 g/mol. The van der Waals surface area contributed by atoms with Crippen LogP contribution in [0.4, 0.5) is 0 Å². The van der Waals surface area contributed by atoms with Gasteiger partial charge in [-0.25, -0.2) is 0 Å². The topological polar surface area (TPSA) is 17.1 Å². The van der Waals surface area contributed by atoms with E-state index in [2.05, 4.69) is 6.92 Å². The molecule has 3 saturated carbocycles. The van der Waals surface area contributed by atoms with Crippen molar-refractivity contribution in [3.8, 4) is 0 Å². The first-order valence-corrected chi connectivity index (χ1v) is 5.78. The molecule has 2 bridgehead atoms. The fourth-order valence-electron chi connectivity index (χ4n) is 4.19. The van der Waals surface area contributed by atoms with Gasteiger partial charge in [0.25, 0.3) is 0 Å². The lowest BCUT2D eigenvalue weighted by molar-refractivity contribution is -0.127. The zero-order chi connectivity index (χ0) is 9.00. The fraction of sp³-hybridized carbons (Fsp3) is 0.917. The van der Waals surface area contributed by atoms with Crippen molar-refractivity contribution < 1.29 is 4.79 Å². The van der Waals surface area contributed by atoms with E-state index in [0.29, 0.717) is 11.7 Å². The molecule has 0 amide bonds.